The molecule has 0 fully saturated rings. The summed E-state index contributed by atoms with van der Waals surface area (Å²) in [5.41, 5.74) is 4.21. The monoisotopic (exact) mass is 421 g/mol. The highest BCUT2D eigenvalue weighted by Gasteiger charge is 2.10. The zero-order valence-electron chi connectivity index (χ0n) is 15.8. The lowest BCUT2D eigenvalue weighted by molar-refractivity contribution is 0.774. The van der Waals surface area contributed by atoms with Crippen molar-refractivity contribution in [2.24, 2.45) is 0 Å². The van der Waals surface area contributed by atoms with E-state index in [0.717, 1.165) is 39.1 Å². The number of fused-ring (bicyclic) bond motifs is 3. The Balaban J connectivity index is 0.00000205. The normalized spacial score (nSPS) is 11.1. The van der Waals surface area contributed by atoms with Crippen molar-refractivity contribution >= 4 is 63.2 Å². The number of benzene rings is 3. The zero-order valence-corrected chi connectivity index (χ0v) is 17.5. The number of H-pyrrole nitrogens is 1. The van der Waals surface area contributed by atoms with Crippen LogP contribution in [0.25, 0.3) is 32.7 Å². The van der Waals surface area contributed by atoms with Crippen LogP contribution in [0.5, 0.6) is 0 Å². The molecule has 2 aromatic heterocycles. The lowest BCUT2D eigenvalue weighted by Gasteiger charge is -2.11. The van der Waals surface area contributed by atoms with Gasteiger partial charge in [-0.1, -0.05) is 42.5 Å². The predicted octanol–water partition coefficient (Wildman–Crippen LogP) is 5.85. The third-order valence-corrected chi connectivity index (χ3v) is 5.50. The van der Waals surface area contributed by atoms with E-state index < -0.39 is 0 Å². The molecule has 0 aliphatic heterocycles. The Morgan fingerprint density at radius 1 is 1.03 bits per heavy atom. The van der Waals surface area contributed by atoms with E-state index in [1.54, 1.807) is 6.33 Å². The minimum atomic E-state index is 0. The maximum atomic E-state index is 5.44. The SMILES string of the molecule is CCn1c(=S)[nH]c2cc3c(NCc4cccc5ccccc45)ncnc3cc21.Cl. The van der Waals surface area contributed by atoms with E-state index in [9.17, 15) is 0 Å². The van der Waals surface area contributed by atoms with Crippen molar-refractivity contribution in [3.05, 3.63) is 71.3 Å². The summed E-state index contributed by atoms with van der Waals surface area (Å²) in [6.07, 6.45) is 1.61. The second kappa shape index (κ2) is 7.81. The number of imidazole rings is 1. The molecule has 5 nitrogen and oxygen atoms in total. The Hall–Kier alpha value is -2.96. The average Bonchev–Trinajstić information content (AvgIpc) is 3.04. The van der Waals surface area contributed by atoms with E-state index in [-0.39, 0.29) is 12.4 Å². The van der Waals surface area contributed by atoms with Crippen LogP contribution in [0.1, 0.15) is 12.5 Å². The summed E-state index contributed by atoms with van der Waals surface area (Å²) in [6.45, 7) is 3.60. The van der Waals surface area contributed by atoms with E-state index in [1.165, 1.54) is 16.3 Å². The van der Waals surface area contributed by atoms with Gasteiger partial charge in [-0.3, -0.25) is 0 Å². The van der Waals surface area contributed by atoms with Gasteiger partial charge in [-0.15, -0.1) is 12.4 Å². The molecular formula is C22H20ClN5S. The Morgan fingerprint density at radius 2 is 1.86 bits per heavy atom. The molecule has 5 aromatic rings. The Labute approximate surface area is 179 Å². The van der Waals surface area contributed by atoms with Crippen molar-refractivity contribution in [2.45, 2.75) is 20.0 Å². The Bertz CT molecular complexity index is 1380. The molecule has 5 rings (SSSR count). The number of hydrogen-bond acceptors (Lipinski definition) is 4. The second-order valence-electron chi connectivity index (χ2n) is 6.78. The van der Waals surface area contributed by atoms with Crippen LogP contribution in [-0.4, -0.2) is 19.5 Å². The van der Waals surface area contributed by atoms with E-state index >= 15 is 0 Å². The minimum Gasteiger partial charge on any atom is -0.365 e. The molecular weight excluding hydrogens is 402 g/mol. The quantitative estimate of drug-likeness (QED) is 0.357. The van der Waals surface area contributed by atoms with Gasteiger partial charge in [-0.05, 0) is 47.6 Å². The summed E-state index contributed by atoms with van der Waals surface area (Å²) in [7, 11) is 0. The third kappa shape index (κ3) is 3.34. The highest BCUT2D eigenvalue weighted by molar-refractivity contribution is 7.71. The van der Waals surface area contributed by atoms with Gasteiger partial charge in [0.1, 0.15) is 12.1 Å². The van der Waals surface area contributed by atoms with Crippen LogP contribution in [0.15, 0.2) is 60.9 Å². The van der Waals surface area contributed by atoms with Gasteiger partial charge in [-0.25, -0.2) is 9.97 Å². The fourth-order valence-corrected chi connectivity index (χ4v) is 4.13. The molecule has 0 spiro atoms. The third-order valence-electron chi connectivity index (χ3n) is 5.17. The number of rotatable bonds is 4. The summed E-state index contributed by atoms with van der Waals surface area (Å²) in [4.78, 5) is 12.2. The first-order valence-electron chi connectivity index (χ1n) is 9.32. The van der Waals surface area contributed by atoms with E-state index in [2.05, 4.69) is 86.4 Å². The van der Waals surface area contributed by atoms with Gasteiger partial charge in [0.2, 0.25) is 0 Å². The van der Waals surface area contributed by atoms with E-state index in [4.69, 9.17) is 12.2 Å². The molecule has 2 N–H and O–H groups in total. The van der Waals surface area contributed by atoms with Crippen LogP contribution in [0.3, 0.4) is 0 Å². The molecule has 0 unspecified atom stereocenters. The largest absolute Gasteiger partial charge is 0.365 e. The molecule has 0 aliphatic rings. The fourth-order valence-electron chi connectivity index (χ4n) is 3.79. The standard InChI is InChI=1S/C22H19N5S.ClH/c1-2-27-20-11-18-17(10-19(20)26-22(27)28)21(25-13-24-18)23-12-15-8-5-7-14-6-3-4-9-16(14)15;/h3-11,13H,2,12H2,1H3,(H,26,28)(H,23,24,25);1H. The molecule has 7 heteroatoms. The number of anilines is 1. The number of halogens is 1. The number of nitrogens with zero attached hydrogens (tertiary/aromatic N) is 3. The molecule has 0 bridgehead atoms. The van der Waals surface area contributed by atoms with Crippen LogP contribution in [0, 0.1) is 4.77 Å². The van der Waals surface area contributed by atoms with Crippen LogP contribution in [-0.2, 0) is 13.1 Å². The maximum absolute atomic E-state index is 5.44. The first-order valence-corrected chi connectivity index (χ1v) is 9.73. The maximum Gasteiger partial charge on any atom is 0.178 e. The second-order valence-corrected chi connectivity index (χ2v) is 7.16. The van der Waals surface area contributed by atoms with Gasteiger partial charge in [0.25, 0.3) is 0 Å². The number of hydrogen-bond donors (Lipinski definition) is 2. The van der Waals surface area contributed by atoms with Crippen molar-refractivity contribution in [3.8, 4) is 0 Å². The summed E-state index contributed by atoms with van der Waals surface area (Å²) >= 11 is 5.44. The molecule has 0 saturated carbocycles. The molecule has 3 aromatic carbocycles. The lowest BCUT2D eigenvalue weighted by Crippen LogP contribution is -2.03. The van der Waals surface area contributed by atoms with Crippen LogP contribution in [0.2, 0.25) is 0 Å². The smallest absolute Gasteiger partial charge is 0.178 e. The number of aromatic amines is 1. The average molecular weight is 422 g/mol. The molecule has 0 radical (unpaired) electrons. The molecule has 0 amide bonds. The Morgan fingerprint density at radius 3 is 2.72 bits per heavy atom. The highest BCUT2D eigenvalue weighted by Crippen LogP contribution is 2.26. The van der Waals surface area contributed by atoms with E-state index in [0.29, 0.717) is 6.54 Å². The van der Waals surface area contributed by atoms with Crippen molar-refractivity contribution in [1.82, 2.24) is 19.5 Å². The van der Waals surface area contributed by atoms with Crippen LogP contribution < -0.4 is 5.32 Å². The summed E-state index contributed by atoms with van der Waals surface area (Å²) in [5.74, 6) is 0.823. The summed E-state index contributed by atoms with van der Waals surface area (Å²) in [5, 5.41) is 6.97. The van der Waals surface area contributed by atoms with E-state index in [1.807, 2.05) is 0 Å². The van der Waals surface area contributed by atoms with Gasteiger partial charge in [0.15, 0.2) is 4.77 Å². The fraction of sp³-hybridized carbons (Fsp3) is 0.136. The van der Waals surface area contributed by atoms with Gasteiger partial charge >= 0.3 is 0 Å². The van der Waals surface area contributed by atoms with Crippen LogP contribution in [0.4, 0.5) is 5.82 Å². The topological polar surface area (TPSA) is 58.5 Å². The van der Waals surface area contributed by atoms with Gasteiger partial charge in [-0.2, -0.15) is 0 Å². The van der Waals surface area contributed by atoms with Crippen molar-refractivity contribution in [3.63, 3.8) is 0 Å². The van der Waals surface area contributed by atoms with Gasteiger partial charge in [0.05, 0.1) is 16.6 Å². The molecule has 0 aliphatic carbocycles. The molecule has 0 saturated heterocycles. The first kappa shape index (κ1) is 19.4. The first-order chi connectivity index (χ1) is 13.7. The Kier molecular flexibility index (Phi) is 5.22. The molecule has 0 atom stereocenters. The zero-order chi connectivity index (χ0) is 19.1. The van der Waals surface area contributed by atoms with Gasteiger partial charge in [0, 0.05) is 18.5 Å². The number of nitrogens with one attached hydrogen (secondary N) is 2. The highest BCUT2D eigenvalue weighted by atomic mass is 35.5. The van der Waals surface area contributed by atoms with Gasteiger partial charge < -0.3 is 14.9 Å². The van der Waals surface area contributed by atoms with Crippen LogP contribution >= 0.6 is 24.6 Å². The predicted molar refractivity (Wildman–Crippen MR) is 124 cm³/mol. The van der Waals surface area contributed by atoms with Crippen molar-refractivity contribution in [1.29, 1.82) is 0 Å². The number of aryl methyl sites for hydroxylation is 1. The molecule has 2 heterocycles. The lowest BCUT2D eigenvalue weighted by atomic mass is 10.0. The minimum absolute atomic E-state index is 0. The number of aromatic nitrogens is 4. The summed E-state index contributed by atoms with van der Waals surface area (Å²) in [6, 6.07) is 19.0. The molecule has 29 heavy (non-hydrogen) atoms. The molecule has 146 valence electrons. The van der Waals surface area contributed by atoms with Crippen molar-refractivity contribution < 1.29 is 0 Å². The summed E-state index contributed by atoms with van der Waals surface area (Å²) < 4.78 is 2.81. The van der Waals surface area contributed by atoms with Crippen molar-refractivity contribution in [2.75, 3.05) is 5.32 Å².